The lowest BCUT2D eigenvalue weighted by Gasteiger charge is -2.10. The lowest BCUT2D eigenvalue weighted by molar-refractivity contribution is 0.0697. The summed E-state index contributed by atoms with van der Waals surface area (Å²) in [6, 6.07) is 13.5. The number of urea groups is 1. The number of benzene rings is 2. The summed E-state index contributed by atoms with van der Waals surface area (Å²) in [4.78, 5) is 22.7. The maximum Gasteiger partial charge on any atom is 0.335 e. The molecule has 0 spiro atoms. The first-order valence-corrected chi connectivity index (χ1v) is 8.13. The molecule has 7 heteroatoms. The molecule has 0 saturated heterocycles. The van der Waals surface area contributed by atoms with Gasteiger partial charge in [-0.2, -0.15) is 0 Å². The molecule has 0 fully saturated rings. The number of hydrogen-bond acceptors (Lipinski definition) is 4. The van der Waals surface area contributed by atoms with Crippen molar-refractivity contribution in [2.24, 2.45) is 0 Å². The van der Waals surface area contributed by atoms with Crippen molar-refractivity contribution in [1.29, 1.82) is 0 Å². The Labute approximate surface area is 151 Å². The first kappa shape index (κ1) is 19.3. The second kappa shape index (κ2) is 10.0. The van der Waals surface area contributed by atoms with E-state index < -0.39 is 5.97 Å². The Balaban J connectivity index is 1.76. The Kier molecular flexibility index (Phi) is 7.45. The number of carbonyl (C=O) groups excluding carboxylic acids is 1. The topological polar surface area (TPSA) is 96.9 Å². The zero-order chi connectivity index (χ0) is 18.8. The zero-order valence-corrected chi connectivity index (χ0v) is 14.5. The second-order valence-corrected chi connectivity index (χ2v) is 5.53. The van der Waals surface area contributed by atoms with E-state index in [1.54, 1.807) is 19.2 Å². The van der Waals surface area contributed by atoms with Crippen molar-refractivity contribution in [1.82, 2.24) is 10.6 Å². The van der Waals surface area contributed by atoms with Crippen molar-refractivity contribution in [3.05, 3.63) is 65.2 Å². The molecule has 0 aliphatic carbocycles. The largest absolute Gasteiger partial charge is 0.491 e. The summed E-state index contributed by atoms with van der Waals surface area (Å²) in [7, 11) is 1.61. The number of methoxy groups -OCH3 is 1. The number of carbonyl (C=O) groups is 2. The van der Waals surface area contributed by atoms with E-state index in [4.69, 9.17) is 14.6 Å². The second-order valence-electron chi connectivity index (χ2n) is 5.53. The lowest BCUT2D eigenvalue weighted by Crippen LogP contribution is -2.34. The summed E-state index contributed by atoms with van der Waals surface area (Å²) >= 11 is 0. The molecule has 2 aromatic carbocycles. The van der Waals surface area contributed by atoms with E-state index >= 15 is 0 Å². The van der Waals surface area contributed by atoms with Crippen molar-refractivity contribution in [2.75, 3.05) is 20.3 Å². The molecule has 0 heterocycles. The van der Waals surface area contributed by atoms with Crippen LogP contribution in [0, 0.1) is 0 Å². The molecule has 138 valence electrons. The van der Waals surface area contributed by atoms with Gasteiger partial charge >= 0.3 is 12.0 Å². The van der Waals surface area contributed by atoms with Gasteiger partial charge in [0.05, 0.1) is 12.2 Å². The average molecular weight is 358 g/mol. The number of carboxylic acid groups (broad SMARTS) is 1. The molecule has 26 heavy (non-hydrogen) atoms. The number of nitrogens with one attached hydrogen (secondary N) is 2. The molecule has 0 bridgehead atoms. The van der Waals surface area contributed by atoms with Gasteiger partial charge in [-0.3, -0.25) is 0 Å². The fourth-order valence-corrected chi connectivity index (χ4v) is 2.18. The molecule has 7 nitrogen and oxygen atoms in total. The molecule has 2 rings (SSSR count). The molecule has 0 aliphatic rings. The average Bonchev–Trinajstić information content (AvgIpc) is 2.65. The Bertz CT molecular complexity index is 731. The van der Waals surface area contributed by atoms with Crippen molar-refractivity contribution in [3.8, 4) is 5.75 Å². The fourth-order valence-electron chi connectivity index (χ4n) is 2.18. The minimum absolute atomic E-state index is 0.214. The summed E-state index contributed by atoms with van der Waals surface area (Å²) < 4.78 is 10.5. The van der Waals surface area contributed by atoms with Crippen LogP contribution in [0.25, 0.3) is 0 Å². The standard InChI is InChI=1S/C19H22N2O5/c1-25-9-10-26-17-4-2-3-15(11-17)13-21-19(24)20-12-14-5-7-16(8-6-14)18(22)23/h2-8,11H,9-10,12-13H2,1H3,(H,22,23)(H2,20,21,24). The molecule has 0 radical (unpaired) electrons. The summed E-state index contributed by atoms with van der Waals surface area (Å²) in [5, 5.41) is 14.4. The van der Waals surface area contributed by atoms with Crippen LogP contribution in [0.1, 0.15) is 21.5 Å². The van der Waals surface area contributed by atoms with E-state index in [2.05, 4.69) is 10.6 Å². The van der Waals surface area contributed by atoms with Crippen LogP contribution in [0.15, 0.2) is 48.5 Å². The Morgan fingerprint density at radius 3 is 2.31 bits per heavy atom. The number of hydrogen-bond donors (Lipinski definition) is 3. The van der Waals surface area contributed by atoms with Crippen LogP contribution in [0.2, 0.25) is 0 Å². The fraction of sp³-hybridized carbons (Fsp3) is 0.263. The molecule has 0 aliphatic heterocycles. The predicted molar refractivity (Wildman–Crippen MR) is 96.3 cm³/mol. The highest BCUT2D eigenvalue weighted by molar-refractivity contribution is 5.87. The van der Waals surface area contributed by atoms with Crippen LogP contribution >= 0.6 is 0 Å². The molecule has 0 atom stereocenters. The van der Waals surface area contributed by atoms with E-state index in [1.165, 1.54) is 12.1 Å². The van der Waals surface area contributed by atoms with Gasteiger partial charge in [0.1, 0.15) is 12.4 Å². The third kappa shape index (κ3) is 6.45. The predicted octanol–water partition coefficient (Wildman–Crippen LogP) is 2.41. The lowest BCUT2D eigenvalue weighted by atomic mass is 10.1. The monoisotopic (exact) mass is 358 g/mol. The number of aromatic carboxylic acids is 1. The van der Waals surface area contributed by atoms with E-state index in [1.807, 2.05) is 24.3 Å². The van der Waals surface area contributed by atoms with Crippen molar-refractivity contribution >= 4 is 12.0 Å². The molecular weight excluding hydrogens is 336 g/mol. The number of rotatable bonds is 9. The first-order valence-electron chi connectivity index (χ1n) is 8.13. The normalized spacial score (nSPS) is 10.2. The SMILES string of the molecule is COCCOc1cccc(CNC(=O)NCc2ccc(C(=O)O)cc2)c1. The number of carboxylic acids is 1. The summed E-state index contributed by atoms with van der Waals surface area (Å²) in [6.45, 7) is 1.66. The van der Waals surface area contributed by atoms with Gasteiger partial charge < -0.3 is 25.2 Å². The van der Waals surface area contributed by atoms with Gasteiger partial charge in [-0.05, 0) is 35.4 Å². The third-order valence-corrected chi connectivity index (χ3v) is 3.56. The first-order chi connectivity index (χ1) is 12.6. The van der Waals surface area contributed by atoms with Gasteiger partial charge in [0.2, 0.25) is 0 Å². The van der Waals surface area contributed by atoms with E-state index in [0.717, 1.165) is 16.9 Å². The molecular formula is C19H22N2O5. The van der Waals surface area contributed by atoms with Gasteiger partial charge in [0.15, 0.2) is 0 Å². The van der Waals surface area contributed by atoms with Gasteiger partial charge in [0.25, 0.3) is 0 Å². The number of amides is 2. The van der Waals surface area contributed by atoms with E-state index in [9.17, 15) is 9.59 Å². The van der Waals surface area contributed by atoms with Gasteiger partial charge in [-0.15, -0.1) is 0 Å². The van der Waals surface area contributed by atoms with Gasteiger partial charge in [-0.1, -0.05) is 24.3 Å². The molecule has 0 aromatic heterocycles. The summed E-state index contributed by atoms with van der Waals surface area (Å²) in [5.74, 6) is -0.254. The Hall–Kier alpha value is -3.06. The van der Waals surface area contributed by atoms with Crippen LogP contribution in [-0.4, -0.2) is 37.4 Å². The quantitative estimate of drug-likeness (QED) is 0.598. The van der Waals surface area contributed by atoms with Crippen LogP contribution in [0.4, 0.5) is 4.79 Å². The minimum Gasteiger partial charge on any atom is -0.491 e. The highest BCUT2D eigenvalue weighted by Crippen LogP contribution is 2.13. The zero-order valence-electron chi connectivity index (χ0n) is 14.5. The van der Waals surface area contributed by atoms with Crippen LogP contribution in [0.5, 0.6) is 5.75 Å². The highest BCUT2D eigenvalue weighted by atomic mass is 16.5. The highest BCUT2D eigenvalue weighted by Gasteiger charge is 2.04. The molecule has 2 aromatic rings. The van der Waals surface area contributed by atoms with Crippen molar-refractivity contribution < 1.29 is 24.2 Å². The molecule has 0 saturated carbocycles. The van der Waals surface area contributed by atoms with Gasteiger partial charge in [-0.25, -0.2) is 9.59 Å². The van der Waals surface area contributed by atoms with E-state index in [-0.39, 0.29) is 11.6 Å². The van der Waals surface area contributed by atoms with Crippen LogP contribution in [-0.2, 0) is 17.8 Å². The summed E-state index contributed by atoms with van der Waals surface area (Å²) in [6.07, 6.45) is 0. The number of ether oxygens (including phenoxy) is 2. The maximum absolute atomic E-state index is 11.9. The van der Waals surface area contributed by atoms with Crippen LogP contribution in [0.3, 0.4) is 0 Å². The minimum atomic E-state index is -0.976. The van der Waals surface area contributed by atoms with Gasteiger partial charge in [0, 0.05) is 20.2 Å². The third-order valence-electron chi connectivity index (χ3n) is 3.56. The van der Waals surface area contributed by atoms with Crippen LogP contribution < -0.4 is 15.4 Å². The molecule has 2 amide bonds. The summed E-state index contributed by atoms with van der Waals surface area (Å²) in [5.41, 5.74) is 1.95. The maximum atomic E-state index is 11.9. The Morgan fingerprint density at radius 1 is 0.962 bits per heavy atom. The Morgan fingerprint density at radius 2 is 1.65 bits per heavy atom. The van der Waals surface area contributed by atoms with Crippen molar-refractivity contribution in [2.45, 2.75) is 13.1 Å². The smallest absolute Gasteiger partial charge is 0.335 e. The molecule has 3 N–H and O–H groups in total. The molecule has 0 unspecified atom stereocenters. The van der Waals surface area contributed by atoms with Crippen molar-refractivity contribution in [3.63, 3.8) is 0 Å². The van der Waals surface area contributed by atoms with E-state index in [0.29, 0.717) is 26.3 Å².